The molecule has 2 fully saturated rings. The zero-order chi connectivity index (χ0) is 13.1. The van der Waals surface area contributed by atoms with Gasteiger partial charge >= 0.3 is 0 Å². The van der Waals surface area contributed by atoms with Gasteiger partial charge in [-0.15, -0.1) is 0 Å². The molecule has 1 unspecified atom stereocenters. The number of pyridine rings is 1. The van der Waals surface area contributed by atoms with Gasteiger partial charge in [-0.2, -0.15) is 0 Å². The quantitative estimate of drug-likeness (QED) is 0.850. The summed E-state index contributed by atoms with van der Waals surface area (Å²) in [5, 5.41) is 3.62. The average Bonchev–Trinajstić information content (AvgIpc) is 3.06. The van der Waals surface area contributed by atoms with E-state index in [0.717, 1.165) is 18.2 Å². The van der Waals surface area contributed by atoms with Crippen molar-refractivity contribution in [2.75, 3.05) is 19.6 Å². The minimum absolute atomic E-state index is 0.706. The van der Waals surface area contributed by atoms with Gasteiger partial charge in [0.15, 0.2) is 0 Å². The average molecular weight is 259 g/mol. The lowest BCUT2D eigenvalue weighted by Crippen LogP contribution is -2.38. The Bertz CT molecular complexity index is 391. The lowest BCUT2D eigenvalue weighted by Gasteiger charge is -2.25. The fourth-order valence-electron chi connectivity index (χ4n) is 2.94. The lowest BCUT2D eigenvalue weighted by atomic mass is 10.2. The van der Waals surface area contributed by atoms with Crippen molar-refractivity contribution in [3.05, 3.63) is 29.6 Å². The van der Waals surface area contributed by atoms with E-state index in [1.54, 1.807) is 0 Å². The largest absolute Gasteiger partial charge is 0.313 e. The minimum Gasteiger partial charge on any atom is -0.313 e. The smallest absolute Gasteiger partial charge is 0.0372 e. The van der Waals surface area contributed by atoms with Crippen LogP contribution in [-0.4, -0.2) is 35.6 Å². The summed E-state index contributed by atoms with van der Waals surface area (Å²) in [5.41, 5.74) is 2.46. The Morgan fingerprint density at radius 2 is 2.16 bits per heavy atom. The molecule has 1 aliphatic heterocycles. The molecule has 0 bridgehead atoms. The van der Waals surface area contributed by atoms with Crippen LogP contribution < -0.4 is 5.32 Å². The highest BCUT2D eigenvalue weighted by Crippen LogP contribution is 2.30. The second-order valence-corrected chi connectivity index (χ2v) is 6.24. The van der Waals surface area contributed by atoms with Crippen LogP contribution in [0.25, 0.3) is 0 Å². The van der Waals surface area contributed by atoms with Gasteiger partial charge in [-0.25, -0.2) is 0 Å². The highest BCUT2D eigenvalue weighted by molar-refractivity contribution is 5.13. The fraction of sp³-hybridized carbons (Fsp3) is 0.688. The Kier molecular flexibility index (Phi) is 4.14. The van der Waals surface area contributed by atoms with Crippen LogP contribution in [0.3, 0.4) is 0 Å². The monoisotopic (exact) mass is 259 g/mol. The van der Waals surface area contributed by atoms with Gasteiger partial charge in [0.05, 0.1) is 0 Å². The van der Waals surface area contributed by atoms with Crippen LogP contribution in [0, 0.1) is 12.8 Å². The van der Waals surface area contributed by atoms with E-state index in [2.05, 4.69) is 27.3 Å². The maximum Gasteiger partial charge on any atom is 0.0372 e. The molecule has 1 aromatic heterocycles. The number of rotatable bonds is 6. The van der Waals surface area contributed by atoms with E-state index in [9.17, 15) is 0 Å². The summed E-state index contributed by atoms with van der Waals surface area (Å²) in [6.45, 7) is 6.78. The summed E-state index contributed by atoms with van der Waals surface area (Å²) >= 11 is 0. The van der Waals surface area contributed by atoms with Crippen LogP contribution in [0.1, 0.15) is 36.9 Å². The first-order valence-electron chi connectivity index (χ1n) is 7.67. The van der Waals surface area contributed by atoms with Crippen LogP contribution >= 0.6 is 0 Å². The van der Waals surface area contributed by atoms with E-state index >= 15 is 0 Å². The fourth-order valence-corrected chi connectivity index (χ4v) is 2.94. The molecular weight excluding hydrogens is 234 g/mol. The lowest BCUT2D eigenvalue weighted by molar-refractivity contribution is 0.231. The molecule has 0 radical (unpaired) electrons. The standard InChI is InChI=1S/C16H25N3/c1-13-4-5-15(9-18-13)11-19(10-14-6-7-14)12-16-3-2-8-17-16/h4-5,9,14,16-17H,2-3,6-8,10-12H2,1H3. The van der Waals surface area contributed by atoms with Gasteiger partial charge in [-0.1, -0.05) is 6.07 Å². The zero-order valence-corrected chi connectivity index (χ0v) is 11.9. The van der Waals surface area contributed by atoms with Gasteiger partial charge in [0.2, 0.25) is 0 Å². The molecule has 1 saturated carbocycles. The molecule has 1 aromatic rings. The molecule has 3 nitrogen and oxygen atoms in total. The molecule has 2 heterocycles. The first-order valence-corrected chi connectivity index (χ1v) is 7.67. The minimum atomic E-state index is 0.706. The van der Waals surface area contributed by atoms with E-state index in [0.29, 0.717) is 6.04 Å². The second kappa shape index (κ2) is 6.02. The Morgan fingerprint density at radius 1 is 1.26 bits per heavy atom. The van der Waals surface area contributed by atoms with E-state index in [-0.39, 0.29) is 0 Å². The summed E-state index contributed by atoms with van der Waals surface area (Å²) in [6.07, 6.45) is 7.58. The molecule has 3 rings (SSSR count). The third-order valence-corrected chi connectivity index (χ3v) is 4.23. The van der Waals surface area contributed by atoms with Gasteiger partial charge in [0.1, 0.15) is 0 Å². The summed E-state index contributed by atoms with van der Waals surface area (Å²) < 4.78 is 0. The van der Waals surface area contributed by atoms with Crippen LogP contribution in [0.5, 0.6) is 0 Å². The van der Waals surface area contributed by atoms with E-state index < -0.39 is 0 Å². The molecule has 1 aliphatic carbocycles. The van der Waals surface area contributed by atoms with Crippen molar-refractivity contribution in [1.82, 2.24) is 15.2 Å². The summed E-state index contributed by atoms with van der Waals surface area (Å²) in [7, 11) is 0. The molecule has 19 heavy (non-hydrogen) atoms. The van der Waals surface area contributed by atoms with Crippen molar-refractivity contribution < 1.29 is 0 Å². The molecule has 3 heteroatoms. The summed E-state index contributed by atoms with van der Waals surface area (Å²) in [5.74, 6) is 0.958. The van der Waals surface area contributed by atoms with Crippen molar-refractivity contribution in [3.8, 4) is 0 Å². The van der Waals surface area contributed by atoms with Crippen molar-refractivity contribution in [3.63, 3.8) is 0 Å². The third-order valence-electron chi connectivity index (χ3n) is 4.23. The maximum atomic E-state index is 4.42. The molecule has 0 amide bonds. The molecular formula is C16H25N3. The Hall–Kier alpha value is -0.930. The Labute approximate surface area is 116 Å². The van der Waals surface area contributed by atoms with Crippen molar-refractivity contribution >= 4 is 0 Å². The first-order chi connectivity index (χ1) is 9.29. The highest BCUT2D eigenvalue weighted by Gasteiger charge is 2.26. The number of hydrogen-bond donors (Lipinski definition) is 1. The predicted octanol–water partition coefficient (Wildman–Crippen LogP) is 2.35. The number of hydrogen-bond acceptors (Lipinski definition) is 3. The molecule has 0 aromatic carbocycles. The van der Waals surface area contributed by atoms with Gasteiger partial charge in [-0.3, -0.25) is 9.88 Å². The number of aromatic nitrogens is 1. The zero-order valence-electron chi connectivity index (χ0n) is 11.9. The van der Waals surface area contributed by atoms with E-state index in [1.165, 1.54) is 50.9 Å². The normalized spacial score (nSPS) is 23.2. The second-order valence-electron chi connectivity index (χ2n) is 6.24. The SMILES string of the molecule is Cc1ccc(CN(CC2CC2)CC2CCCN2)cn1. The van der Waals surface area contributed by atoms with Gasteiger partial charge in [0.25, 0.3) is 0 Å². The molecule has 1 N–H and O–H groups in total. The van der Waals surface area contributed by atoms with Gasteiger partial charge < -0.3 is 5.32 Å². The van der Waals surface area contributed by atoms with E-state index in [4.69, 9.17) is 0 Å². The molecule has 1 atom stereocenters. The highest BCUT2D eigenvalue weighted by atomic mass is 15.2. The van der Waals surface area contributed by atoms with Crippen LogP contribution in [0.2, 0.25) is 0 Å². The predicted molar refractivity (Wildman–Crippen MR) is 78.0 cm³/mol. The number of nitrogens with zero attached hydrogens (tertiary/aromatic N) is 2. The van der Waals surface area contributed by atoms with Crippen molar-refractivity contribution in [2.45, 2.75) is 45.2 Å². The third kappa shape index (κ3) is 4.02. The molecule has 0 spiro atoms. The molecule has 104 valence electrons. The van der Waals surface area contributed by atoms with E-state index in [1.807, 2.05) is 13.1 Å². The van der Waals surface area contributed by atoms with Gasteiger partial charge in [0, 0.05) is 37.6 Å². The molecule has 2 aliphatic rings. The summed E-state index contributed by atoms with van der Waals surface area (Å²) in [4.78, 5) is 7.05. The van der Waals surface area contributed by atoms with Crippen LogP contribution in [0.15, 0.2) is 18.3 Å². The number of nitrogens with one attached hydrogen (secondary N) is 1. The topological polar surface area (TPSA) is 28.2 Å². The summed E-state index contributed by atoms with van der Waals surface area (Å²) in [6, 6.07) is 5.06. The first kappa shape index (κ1) is 13.1. The van der Waals surface area contributed by atoms with Crippen LogP contribution in [0.4, 0.5) is 0 Å². The van der Waals surface area contributed by atoms with Crippen molar-refractivity contribution in [1.29, 1.82) is 0 Å². The van der Waals surface area contributed by atoms with Gasteiger partial charge in [-0.05, 0) is 56.7 Å². The molecule has 1 saturated heterocycles. The van der Waals surface area contributed by atoms with Crippen molar-refractivity contribution in [2.24, 2.45) is 5.92 Å². The Balaban J connectivity index is 1.58. The number of aryl methyl sites for hydroxylation is 1. The maximum absolute atomic E-state index is 4.42. The van der Waals surface area contributed by atoms with Crippen LogP contribution in [-0.2, 0) is 6.54 Å². The Morgan fingerprint density at radius 3 is 2.79 bits per heavy atom.